The first-order valence-electron chi connectivity index (χ1n) is 13.6. The molecule has 10 heteroatoms. The minimum atomic E-state index is -0.698. The summed E-state index contributed by atoms with van der Waals surface area (Å²) in [5, 5.41) is 0. The molecule has 5 rings (SSSR count). The average Bonchev–Trinajstić information content (AvgIpc) is 3.57. The number of nitrogens with zero attached hydrogens (tertiary/aromatic N) is 3. The number of carbonyl (C=O) groups excluding carboxylic acids is 2. The lowest BCUT2D eigenvalue weighted by atomic mass is 9.95. The lowest BCUT2D eigenvalue weighted by molar-refractivity contribution is -0.139. The number of allylic oxidation sites excluding steroid dienone is 1. The van der Waals surface area contributed by atoms with Crippen LogP contribution in [0.25, 0.3) is 17.4 Å². The zero-order chi connectivity index (χ0) is 30.0. The number of fused-ring (bicyclic) bond motifs is 1. The number of aromatic nitrogens is 1. The minimum absolute atomic E-state index is 0.204. The second-order valence-electron chi connectivity index (χ2n) is 9.79. The van der Waals surface area contributed by atoms with Gasteiger partial charge in [0.25, 0.3) is 5.56 Å². The van der Waals surface area contributed by atoms with E-state index in [1.807, 2.05) is 49.3 Å². The van der Waals surface area contributed by atoms with Crippen LogP contribution >= 0.6 is 11.3 Å². The van der Waals surface area contributed by atoms with Gasteiger partial charge in [0.15, 0.2) is 4.80 Å². The van der Waals surface area contributed by atoms with Gasteiger partial charge in [-0.3, -0.25) is 9.36 Å². The van der Waals surface area contributed by atoms with Crippen molar-refractivity contribution < 1.29 is 23.5 Å². The molecule has 0 N–H and O–H groups in total. The normalized spacial score (nSPS) is 14.8. The molecular formula is C32H31N3O6S. The molecule has 0 spiro atoms. The smallest absolute Gasteiger partial charge is 0.338 e. The van der Waals surface area contributed by atoms with Crippen molar-refractivity contribution in [3.8, 4) is 11.3 Å². The molecule has 0 fully saturated rings. The molecule has 216 valence electrons. The average molecular weight is 586 g/mol. The van der Waals surface area contributed by atoms with Gasteiger partial charge in [-0.25, -0.2) is 14.6 Å². The number of rotatable bonds is 8. The number of benzene rings is 2. The van der Waals surface area contributed by atoms with Gasteiger partial charge in [0, 0.05) is 31.4 Å². The first-order chi connectivity index (χ1) is 20.2. The van der Waals surface area contributed by atoms with Gasteiger partial charge in [0.05, 0.1) is 40.6 Å². The van der Waals surface area contributed by atoms with Gasteiger partial charge in [-0.05, 0) is 62.7 Å². The van der Waals surface area contributed by atoms with Crippen LogP contribution in [-0.2, 0) is 14.3 Å². The molecule has 0 bridgehead atoms. The van der Waals surface area contributed by atoms with Crippen molar-refractivity contribution in [2.24, 2.45) is 4.99 Å². The van der Waals surface area contributed by atoms with E-state index in [0.29, 0.717) is 43.3 Å². The highest BCUT2D eigenvalue weighted by Crippen LogP contribution is 2.32. The second kappa shape index (κ2) is 12.0. The van der Waals surface area contributed by atoms with Crippen molar-refractivity contribution in [2.45, 2.75) is 26.8 Å². The Morgan fingerprint density at radius 2 is 1.74 bits per heavy atom. The van der Waals surface area contributed by atoms with Gasteiger partial charge in [-0.15, -0.1) is 0 Å². The van der Waals surface area contributed by atoms with E-state index < -0.39 is 18.0 Å². The largest absolute Gasteiger partial charge is 0.463 e. The van der Waals surface area contributed by atoms with Gasteiger partial charge >= 0.3 is 11.9 Å². The topological polar surface area (TPSA) is 103 Å². The quantitative estimate of drug-likeness (QED) is 0.284. The molecule has 1 unspecified atom stereocenters. The minimum Gasteiger partial charge on any atom is -0.463 e. The van der Waals surface area contributed by atoms with Crippen LogP contribution in [0, 0.1) is 0 Å². The van der Waals surface area contributed by atoms with E-state index >= 15 is 0 Å². The zero-order valence-corrected chi connectivity index (χ0v) is 24.9. The third-order valence-corrected chi connectivity index (χ3v) is 7.78. The molecule has 1 aliphatic heterocycles. The maximum atomic E-state index is 13.9. The predicted molar refractivity (Wildman–Crippen MR) is 161 cm³/mol. The summed E-state index contributed by atoms with van der Waals surface area (Å²) in [4.78, 5) is 46.2. The molecule has 4 aromatic rings. The SMILES string of the molecule is CCOC(=O)C1=C(C)N=c2s/c(=C\c3ccc(-c4cccc(C(=O)OCC)c4)o3)c(=O)n2C1c1ccc(N(C)C)cc1. The van der Waals surface area contributed by atoms with Crippen LogP contribution in [0.2, 0.25) is 0 Å². The van der Waals surface area contributed by atoms with Crippen LogP contribution in [0.3, 0.4) is 0 Å². The Kier molecular flexibility index (Phi) is 8.26. The zero-order valence-electron chi connectivity index (χ0n) is 24.0. The second-order valence-corrected chi connectivity index (χ2v) is 10.8. The van der Waals surface area contributed by atoms with Crippen LogP contribution < -0.4 is 19.8 Å². The first-order valence-corrected chi connectivity index (χ1v) is 14.4. The van der Waals surface area contributed by atoms with Crippen LogP contribution in [0.4, 0.5) is 5.69 Å². The van der Waals surface area contributed by atoms with Crippen LogP contribution in [0.5, 0.6) is 0 Å². The number of ether oxygens (including phenoxy) is 2. The molecule has 1 aliphatic rings. The fraction of sp³-hybridized carbons (Fsp3) is 0.250. The summed E-state index contributed by atoms with van der Waals surface area (Å²) in [6.07, 6.45) is 1.66. The van der Waals surface area contributed by atoms with E-state index in [2.05, 4.69) is 4.99 Å². The predicted octanol–water partition coefficient (Wildman–Crippen LogP) is 4.30. The molecule has 42 heavy (non-hydrogen) atoms. The maximum absolute atomic E-state index is 13.9. The monoisotopic (exact) mass is 585 g/mol. The highest BCUT2D eigenvalue weighted by atomic mass is 32.1. The van der Waals surface area contributed by atoms with Crippen molar-refractivity contribution in [1.29, 1.82) is 0 Å². The number of anilines is 1. The fourth-order valence-electron chi connectivity index (χ4n) is 4.79. The Morgan fingerprint density at radius 1 is 1.02 bits per heavy atom. The third kappa shape index (κ3) is 5.58. The Hall–Kier alpha value is -4.70. The standard InChI is InChI=1S/C32H31N3O6S/c1-6-39-30(37)22-10-8-9-21(17-22)25-16-15-24(41-25)18-26-29(36)35-28(20-11-13-23(14-12-20)34(4)5)27(31(38)40-7-2)19(3)33-32(35)42-26/h8-18,28H,6-7H2,1-5H3/b26-18-. The number of carbonyl (C=O) groups is 2. The summed E-state index contributed by atoms with van der Waals surface area (Å²) in [6, 6.07) is 17.6. The summed E-state index contributed by atoms with van der Waals surface area (Å²) in [6.45, 7) is 5.75. The number of thiazole rings is 1. The van der Waals surface area contributed by atoms with E-state index in [9.17, 15) is 14.4 Å². The van der Waals surface area contributed by atoms with Gasteiger partial charge in [-0.1, -0.05) is 35.6 Å². The van der Waals surface area contributed by atoms with E-state index in [1.54, 1.807) is 61.7 Å². The maximum Gasteiger partial charge on any atom is 0.338 e. The summed E-state index contributed by atoms with van der Waals surface area (Å²) < 4.78 is 18.5. The molecule has 0 aliphatic carbocycles. The number of furan rings is 1. The van der Waals surface area contributed by atoms with E-state index in [0.717, 1.165) is 11.3 Å². The first kappa shape index (κ1) is 28.8. The number of hydrogen-bond acceptors (Lipinski definition) is 9. The Labute approximate surface area is 246 Å². The van der Waals surface area contributed by atoms with Crippen molar-refractivity contribution in [2.75, 3.05) is 32.2 Å². The lowest BCUT2D eigenvalue weighted by Gasteiger charge is -2.25. The van der Waals surface area contributed by atoms with Gasteiger partial charge < -0.3 is 18.8 Å². The molecule has 0 radical (unpaired) electrons. The molecule has 2 aromatic heterocycles. The summed E-state index contributed by atoms with van der Waals surface area (Å²) in [7, 11) is 3.90. The third-order valence-electron chi connectivity index (χ3n) is 6.80. The Bertz CT molecular complexity index is 1860. The highest BCUT2D eigenvalue weighted by molar-refractivity contribution is 7.07. The Balaban J connectivity index is 1.57. The molecule has 0 amide bonds. The molecule has 1 atom stereocenters. The van der Waals surface area contributed by atoms with Crippen molar-refractivity contribution in [3.63, 3.8) is 0 Å². The van der Waals surface area contributed by atoms with Crippen molar-refractivity contribution in [1.82, 2.24) is 4.57 Å². The summed E-state index contributed by atoms with van der Waals surface area (Å²) in [5.41, 5.74) is 3.43. The van der Waals surface area contributed by atoms with Gasteiger partial charge in [-0.2, -0.15) is 0 Å². The molecule has 2 aromatic carbocycles. The van der Waals surface area contributed by atoms with Gasteiger partial charge in [0.1, 0.15) is 11.5 Å². The Morgan fingerprint density at radius 3 is 2.43 bits per heavy atom. The van der Waals surface area contributed by atoms with Crippen LogP contribution in [0.1, 0.15) is 48.5 Å². The van der Waals surface area contributed by atoms with E-state index in [4.69, 9.17) is 13.9 Å². The molecule has 3 heterocycles. The van der Waals surface area contributed by atoms with Crippen molar-refractivity contribution >= 4 is 35.0 Å². The summed E-state index contributed by atoms with van der Waals surface area (Å²) >= 11 is 1.22. The fourth-order valence-corrected chi connectivity index (χ4v) is 5.82. The van der Waals surface area contributed by atoms with Crippen LogP contribution in [0.15, 0.2) is 86.1 Å². The summed E-state index contributed by atoms with van der Waals surface area (Å²) in [5.74, 6) is 0.0931. The molecule has 0 saturated carbocycles. The lowest BCUT2D eigenvalue weighted by Crippen LogP contribution is -2.39. The molecular weight excluding hydrogens is 554 g/mol. The van der Waals surface area contributed by atoms with Crippen LogP contribution in [-0.4, -0.2) is 43.8 Å². The van der Waals surface area contributed by atoms with Crippen molar-refractivity contribution in [3.05, 3.63) is 109 Å². The molecule has 0 saturated heterocycles. The van der Waals surface area contributed by atoms with Gasteiger partial charge in [0.2, 0.25) is 0 Å². The number of esters is 2. The molecule has 9 nitrogen and oxygen atoms in total. The van der Waals surface area contributed by atoms with E-state index in [-0.39, 0.29) is 18.8 Å². The number of hydrogen-bond donors (Lipinski definition) is 0. The van der Waals surface area contributed by atoms with E-state index in [1.165, 1.54) is 11.3 Å². The highest BCUT2D eigenvalue weighted by Gasteiger charge is 2.33.